The molecule has 3 nitrogen and oxygen atoms in total. The number of rotatable bonds is 5. The van der Waals surface area contributed by atoms with Gasteiger partial charge in [0.1, 0.15) is 0 Å². The molecule has 0 bridgehead atoms. The van der Waals surface area contributed by atoms with E-state index in [1.54, 1.807) is 0 Å². The van der Waals surface area contributed by atoms with E-state index in [-0.39, 0.29) is 11.9 Å². The summed E-state index contributed by atoms with van der Waals surface area (Å²) in [6.07, 6.45) is 1.76. The van der Waals surface area contributed by atoms with Gasteiger partial charge in [-0.2, -0.15) is 0 Å². The van der Waals surface area contributed by atoms with Crippen LogP contribution in [-0.4, -0.2) is 12.6 Å². The third-order valence-electron chi connectivity index (χ3n) is 2.49. The van der Waals surface area contributed by atoms with Gasteiger partial charge in [-0.05, 0) is 31.0 Å². The van der Waals surface area contributed by atoms with Gasteiger partial charge in [0, 0.05) is 5.69 Å². The predicted octanol–water partition coefficient (Wildman–Crippen LogP) is 2.72. The average molecular weight is 221 g/mol. The van der Waals surface area contributed by atoms with E-state index in [1.807, 2.05) is 31.2 Å². The van der Waals surface area contributed by atoms with E-state index in [1.165, 1.54) is 0 Å². The number of anilines is 1. The normalized spacial score (nSPS) is 12.1. The van der Waals surface area contributed by atoms with Crippen LogP contribution < -0.4 is 5.73 Å². The molecule has 16 heavy (non-hydrogen) atoms. The highest BCUT2D eigenvalue weighted by molar-refractivity contribution is 5.78. The maximum atomic E-state index is 11.8. The van der Waals surface area contributed by atoms with Gasteiger partial charge in [-0.1, -0.05) is 25.5 Å². The molecule has 1 atom stereocenters. The number of ether oxygens (including phenoxy) is 1. The number of carbonyl (C=O) groups excluding carboxylic acids is 1. The highest BCUT2D eigenvalue weighted by atomic mass is 16.5. The monoisotopic (exact) mass is 221 g/mol. The molecule has 88 valence electrons. The number of carbonyl (C=O) groups is 1. The molecule has 0 unspecified atom stereocenters. The Morgan fingerprint density at radius 2 is 1.94 bits per heavy atom. The Bertz CT molecular complexity index is 332. The number of esters is 1. The fourth-order valence-electron chi connectivity index (χ4n) is 1.68. The van der Waals surface area contributed by atoms with Gasteiger partial charge in [0.2, 0.25) is 0 Å². The summed E-state index contributed by atoms with van der Waals surface area (Å²) >= 11 is 0. The van der Waals surface area contributed by atoms with Gasteiger partial charge < -0.3 is 10.5 Å². The maximum Gasteiger partial charge on any atom is 0.313 e. The van der Waals surface area contributed by atoms with Crippen molar-refractivity contribution in [1.82, 2.24) is 0 Å². The molecule has 0 aliphatic heterocycles. The van der Waals surface area contributed by atoms with Crippen LogP contribution in [0.3, 0.4) is 0 Å². The summed E-state index contributed by atoms with van der Waals surface area (Å²) in [7, 11) is 0. The van der Waals surface area contributed by atoms with E-state index in [4.69, 9.17) is 10.5 Å². The summed E-state index contributed by atoms with van der Waals surface area (Å²) in [5.74, 6) is -0.306. The van der Waals surface area contributed by atoms with E-state index in [0.29, 0.717) is 12.3 Å². The number of nitrogens with two attached hydrogens (primary N) is 1. The molecule has 3 heteroatoms. The fraction of sp³-hybridized carbons (Fsp3) is 0.462. The zero-order valence-electron chi connectivity index (χ0n) is 9.90. The summed E-state index contributed by atoms with van der Waals surface area (Å²) in [6, 6.07) is 7.42. The van der Waals surface area contributed by atoms with Gasteiger partial charge >= 0.3 is 5.97 Å². The molecule has 0 saturated heterocycles. The Morgan fingerprint density at radius 1 is 1.31 bits per heavy atom. The first kappa shape index (κ1) is 12.6. The molecule has 0 saturated carbocycles. The summed E-state index contributed by atoms with van der Waals surface area (Å²) in [6.45, 7) is 4.31. The summed E-state index contributed by atoms with van der Waals surface area (Å²) in [5, 5.41) is 0. The molecule has 1 aromatic carbocycles. The number of nitrogen functional groups attached to an aromatic ring is 1. The van der Waals surface area contributed by atoms with E-state index >= 15 is 0 Å². The second kappa shape index (κ2) is 6.16. The summed E-state index contributed by atoms with van der Waals surface area (Å²) in [4.78, 5) is 11.8. The molecule has 0 fully saturated rings. The lowest BCUT2D eigenvalue weighted by Crippen LogP contribution is -2.15. The van der Waals surface area contributed by atoms with Crippen molar-refractivity contribution in [2.75, 3.05) is 12.3 Å². The van der Waals surface area contributed by atoms with E-state index in [9.17, 15) is 4.79 Å². The van der Waals surface area contributed by atoms with Crippen molar-refractivity contribution < 1.29 is 9.53 Å². The highest BCUT2D eigenvalue weighted by Crippen LogP contribution is 2.23. The second-order valence-corrected chi connectivity index (χ2v) is 3.76. The Kier molecular flexibility index (Phi) is 4.83. The van der Waals surface area contributed by atoms with Crippen LogP contribution in [0.1, 0.15) is 38.2 Å². The van der Waals surface area contributed by atoms with Crippen LogP contribution in [0.4, 0.5) is 5.69 Å². The average Bonchev–Trinajstić information content (AvgIpc) is 2.28. The van der Waals surface area contributed by atoms with Crippen molar-refractivity contribution in [3.05, 3.63) is 29.8 Å². The van der Waals surface area contributed by atoms with Gasteiger partial charge in [-0.15, -0.1) is 0 Å². The van der Waals surface area contributed by atoms with Crippen LogP contribution in [-0.2, 0) is 9.53 Å². The van der Waals surface area contributed by atoms with Gasteiger partial charge in [0.15, 0.2) is 0 Å². The Labute approximate surface area is 96.6 Å². The molecule has 1 aromatic rings. The zero-order valence-corrected chi connectivity index (χ0v) is 9.90. The van der Waals surface area contributed by atoms with Crippen LogP contribution in [0.5, 0.6) is 0 Å². The van der Waals surface area contributed by atoms with Crippen molar-refractivity contribution in [1.29, 1.82) is 0 Å². The van der Waals surface area contributed by atoms with Crippen molar-refractivity contribution >= 4 is 11.7 Å². The minimum absolute atomic E-state index is 0.144. The Morgan fingerprint density at radius 3 is 2.44 bits per heavy atom. The summed E-state index contributed by atoms with van der Waals surface area (Å²) in [5.41, 5.74) is 7.31. The molecule has 1 rings (SSSR count). The molecule has 0 amide bonds. The van der Waals surface area contributed by atoms with Crippen molar-refractivity contribution in [2.24, 2.45) is 0 Å². The standard InChI is InChI=1S/C13H19NO2/c1-3-5-12(13(15)16-4-2)10-6-8-11(14)9-7-10/h6-9,12H,3-5,14H2,1-2H3/t12-/m1/s1. The number of hydrogen-bond acceptors (Lipinski definition) is 3. The topological polar surface area (TPSA) is 52.3 Å². The van der Waals surface area contributed by atoms with Crippen LogP contribution in [0.25, 0.3) is 0 Å². The van der Waals surface area contributed by atoms with Gasteiger partial charge in [-0.3, -0.25) is 4.79 Å². The van der Waals surface area contributed by atoms with E-state index < -0.39 is 0 Å². The lowest BCUT2D eigenvalue weighted by atomic mass is 9.94. The molecule has 0 aliphatic carbocycles. The minimum atomic E-state index is -0.162. The molecule has 0 aromatic heterocycles. The van der Waals surface area contributed by atoms with E-state index in [0.717, 1.165) is 18.4 Å². The smallest absolute Gasteiger partial charge is 0.313 e. The van der Waals surface area contributed by atoms with Crippen LogP contribution in [0.2, 0.25) is 0 Å². The van der Waals surface area contributed by atoms with Gasteiger partial charge in [0.05, 0.1) is 12.5 Å². The lowest BCUT2D eigenvalue weighted by molar-refractivity contribution is -0.145. The van der Waals surface area contributed by atoms with Gasteiger partial charge in [0.25, 0.3) is 0 Å². The first-order valence-corrected chi connectivity index (χ1v) is 5.71. The first-order chi connectivity index (χ1) is 7.69. The second-order valence-electron chi connectivity index (χ2n) is 3.76. The Hall–Kier alpha value is -1.51. The third-order valence-corrected chi connectivity index (χ3v) is 2.49. The highest BCUT2D eigenvalue weighted by Gasteiger charge is 2.20. The van der Waals surface area contributed by atoms with Crippen LogP contribution in [0, 0.1) is 0 Å². The van der Waals surface area contributed by atoms with Crippen molar-refractivity contribution in [2.45, 2.75) is 32.6 Å². The molecule has 0 heterocycles. The van der Waals surface area contributed by atoms with Gasteiger partial charge in [-0.25, -0.2) is 0 Å². The zero-order chi connectivity index (χ0) is 12.0. The fourth-order valence-corrected chi connectivity index (χ4v) is 1.68. The lowest BCUT2D eigenvalue weighted by Gasteiger charge is -2.15. The third kappa shape index (κ3) is 3.26. The molecule has 0 radical (unpaired) electrons. The van der Waals surface area contributed by atoms with Crippen molar-refractivity contribution in [3.8, 4) is 0 Å². The van der Waals surface area contributed by atoms with Crippen molar-refractivity contribution in [3.63, 3.8) is 0 Å². The molecular weight excluding hydrogens is 202 g/mol. The predicted molar refractivity (Wildman–Crippen MR) is 65.1 cm³/mol. The Balaban J connectivity index is 2.84. The quantitative estimate of drug-likeness (QED) is 0.614. The number of benzene rings is 1. The van der Waals surface area contributed by atoms with E-state index in [2.05, 4.69) is 6.92 Å². The number of hydrogen-bond donors (Lipinski definition) is 1. The SMILES string of the molecule is CCC[C@@H](C(=O)OCC)c1ccc(N)cc1. The van der Waals surface area contributed by atoms with Crippen LogP contribution in [0.15, 0.2) is 24.3 Å². The largest absolute Gasteiger partial charge is 0.466 e. The summed E-state index contributed by atoms with van der Waals surface area (Å²) < 4.78 is 5.07. The maximum absolute atomic E-state index is 11.8. The van der Waals surface area contributed by atoms with Crippen LogP contribution >= 0.6 is 0 Å². The molecule has 0 spiro atoms. The minimum Gasteiger partial charge on any atom is -0.466 e. The molecular formula is C13H19NO2. The first-order valence-electron chi connectivity index (χ1n) is 5.71. The molecule has 0 aliphatic rings. The molecule has 2 N–H and O–H groups in total.